The Bertz CT molecular complexity index is 359. The maximum absolute atomic E-state index is 11.3. The van der Waals surface area contributed by atoms with E-state index in [1.54, 1.807) is 19.1 Å². The number of aromatic nitrogens is 2. The quantitative estimate of drug-likeness (QED) is 0.632. The predicted molar refractivity (Wildman–Crippen MR) is 59.8 cm³/mol. The largest absolute Gasteiger partial charge is 0.294 e. The molecule has 1 aromatic rings. The lowest BCUT2D eigenvalue weighted by atomic mass is 10.3. The first-order valence-electron chi connectivity index (χ1n) is 4.53. The lowest BCUT2D eigenvalue weighted by Crippen LogP contribution is -2.13. The monoisotopic (exact) mass is 225 g/mol. The molecule has 0 saturated carbocycles. The number of nitrogens with zero attached hydrogens (tertiary/aromatic N) is 2. The minimum Gasteiger partial charge on any atom is -0.294 e. The van der Waals surface area contributed by atoms with Crippen LogP contribution in [0.15, 0.2) is 18.7 Å². The number of rotatable bonds is 4. The third kappa shape index (κ3) is 4.08. The first-order valence-corrected chi connectivity index (χ1v) is 4.91. The summed E-state index contributed by atoms with van der Waals surface area (Å²) in [6, 6.07) is 1.63. The van der Waals surface area contributed by atoms with Gasteiger partial charge in [0.1, 0.15) is 5.15 Å². The molecule has 1 N–H and O–H groups in total. The SMILES string of the molecule is C=CCCC(=O)Nc1nc(C)cc(Cl)n1. The van der Waals surface area contributed by atoms with Gasteiger partial charge in [-0.2, -0.15) is 0 Å². The number of allylic oxidation sites excluding steroid dienone is 1. The van der Waals surface area contributed by atoms with Crippen molar-refractivity contribution in [1.29, 1.82) is 0 Å². The van der Waals surface area contributed by atoms with Crippen molar-refractivity contribution in [3.63, 3.8) is 0 Å². The number of anilines is 1. The zero-order valence-electron chi connectivity index (χ0n) is 8.46. The highest BCUT2D eigenvalue weighted by Gasteiger charge is 2.04. The minimum absolute atomic E-state index is 0.142. The summed E-state index contributed by atoms with van der Waals surface area (Å²) in [5, 5.41) is 2.89. The van der Waals surface area contributed by atoms with Gasteiger partial charge in [-0.15, -0.1) is 6.58 Å². The lowest BCUT2D eigenvalue weighted by Gasteiger charge is -2.03. The molecule has 1 amide bonds. The Balaban J connectivity index is 2.63. The summed E-state index contributed by atoms with van der Waals surface area (Å²) in [6.45, 7) is 5.32. The van der Waals surface area contributed by atoms with Crippen LogP contribution in [-0.4, -0.2) is 15.9 Å². The van der Waals surface area contributed by atoms with Gasteiger partial charge in [0, 0.05) is 12.1 Å². The highest BCUT2D eigenvalue weighted by Crippen LogP contribution is 2.09. The van der Waals surface area contributed by atoms with E-state index in [2.05, 4.69) is 21.9 Å². The number of carbonyl (C=O) groups is 1. The molecule has 0 radical (unpaired) electrons. The van der Waals surface area contributed by atoms with Crippen LogP contribution in [0.1, 0.15) is 18.5 Å². The van der Waals surface area contributed by atoms with Crippen LogP contribution in [0, 0.1) is 6.92 Å². The number of amides is 1. The van der Waals surface area contributed by atoms with E-state index in [9.17, 15) is 4.79 Å². The third-order valence-corrected chi connectivity index (χ3v) is 1.84. The number of nitrogens with one attached hydrogen (secondary N) is 1. The molecule has 4 nitrogen and oxygen atoms in total. The molecule has 0 aliphatic heterocycles. The smallest absolute Gasteiger partial charge is 0.231 e. The number of hydrogen-bond acceptors (Lipinski definition) is 3. The van der Waals surface area contributed by atoms with Crippen molar-refractivity contribution in [3.8, 4) is 0 Å². The van der Waals surface area contributed by atoms with Crippen molar-refractivity contribution >= 4 is 23.5 Å². The second kappa shape index (κ2) is 5.46. The number of hydrogen-bond donors (Lipinski definition) is 1. The van der Waals surface area contributed by atoms with Crippen LogP contribution in [0.2, 0.25) is 5.15 Å². The van der Waals surface area contributed by atoms with E-state index >= 15 is 0 Å². The van der Waals surface area contributed by atoms with Crippen LogP contribution < -0.4 is 5.32 Å². The summed E-state index contributed by atoms with van der Waals surface area (Å²) in [5.41, 5.74) is 0.717. The highest BCUT2D eigenvalue weighted by molar-refractivity contribution is 6.29. The minimum atomic E-state index is -0.142. The summed E-state index contributed by atoms with van der Waals surface area (Å²) >= 11 is 5.72. The van der Waals surface area contributed by atoms with Crippen molar-refractivity contribution in [2.45, 2.75) is 19.8 Å². The molecule has 0 fully saturated rings. The van der Waals surface area contributed by atoms with E-state index in [4.69, 9.17) is 11.6 Å². The third-order valence-electron chi connectivity index (χ3n) is 1.65. The molecule has 0 aliphatic rings. The Labute approximate surface area is 93.4 Å². The van der Waals surface area contributed by atoms with E-state index < -0.39 is 0 Å². The van der Waals surface area contributed by atoms with Crippen molar-refractivity contribution in [1.82, 2.24) is 9.97 Å². The first-order chi connectivity index (χ1) is 7.11. The Morgan fingerprint density at radius 3 is 3.00 bits per heavy atom. The maximum Gasteiger partial charge on any atom is 0.231 e. The number of aryl methyl sites for hydroxylation is 1. The van der Waals surface area contributed by atoms with Crippen LogP contribution in [0.3, 0.4) is 0 Å². The average molecular weight is 226 g/mol. The van der Waals surface area contributed by atoms with Crippen LogP contribution >= 0.6 is 11.6 Å². The summed E-state index contributed by atoms with van der Waals surface area (Å²) < 4.78 is 0. The molecule has 0 saturated heterocycles. The van der Waals surface area contributed by atoms with Crippen molar-refractivity contribution < 1.29 is 4.79 Å². The summed E-state index contributed by atoms with van der Waals surface area (Å²) in [5.74, 6) is 0.102. The van der Waals surface area contributed by atoms with E-state index in [-0.39, 0.29) is 11.9 Å². The summed E-state index contributed by atoms with van der Waals surface area (Å²) in [6.07, 6.45) is 2.69. The Kier molecular flexibility index (Phi) is 4.24. The van der Waals surface area contributed by atoms with E-state index in [1.165, 1.54) is 0 Å². The van der Waals surface area contributed by atoms with Crippen molar-refractivity contribution in [2.75, 3.05) is 5.32 Å². The van der Waals surface area contributed by atoms with Gasteiger partial charge >= 0.3 is 0 Å². The second-order valence-electron chi connectivity index (χ2n) is 3.03. The molecular formula is C10H12ClN3O. The molecule has 15 heavy (non-hydrogen) atoms. The van der Waals surface area contributed by atoms with Crippen LogP contribution in [0.4, 0.5) is 5.95 Å². The fourth-order valence-electron chi connectivity index (χ4n) is 1.01. The van der Waals surface area contributed by atoms with Gasteiger partial charge in [0.2, 0.25) is 11.9 Å². The van der Waals surface area contributed by atoms with Gasteiger partial charge in [-0.1, -0.05) is 17.7 Å². The molecule has 0 aliphatic carbocycles. The highest BCUT2D eigenvalue weighted by atomic mass is 35.5. The Morgan fingerprint density at radius 2 is 2.40 bits per heavy atom. The van der Waals surface area contributed by atoms with Crippen LogP contribution in [0.5, 0.6) is 0 Å². The molecule has 1 heterocycles. The Morgan fingerprint density at radius 1 is 1.67 bits per heavy atom. The van der Waals surface area contributed by atoms with Crippen molar-refractivity contribution in [2.24, 2.45) is 0 Å². The molecule has 0 atom stereocenters. The first kappa shape index (κ1) is 11.7. The fraction of sp³-hybridized carbons (Fsp3) is 0.300. The van der Waals surface area contributed by atoms with Gasteiger partial charge in [0.05, 0.1) is 0 Å². The van der Waals surface area contributed by atoms with Gasteiger partial charge in [-0.25, -0.2) is 9.97 Å². The normalized spacial score (nSPS) is 9.73. The molecule has 1 aromatic heterocycles. The van der Waals surface area contributed by atoms with Crippen molar-refractivity contribution in [3.05, 3.63) is 29.6 Å². The zero-order chi connectivity index (χ0) is 11.3. The zero-order valence-corrected chi connectivity index (χ0v) is 9.21. The average Bonchev–Trinajstić information content (AvgIpc) is 2.13. The second-order valence-corrected chi connectivity index (χ2v) is 3.42. The van der Waals surface area contributed by atoms with Gasteiger partial charge in [-0.3, -0.25) is 10.1 Å². The lowest BCUT2D eigenvalue weighted by molar-refractivity contribution is -0.116. The molecule has 1 rings (SSSR count). The molecule has 80 valence electrons. The molecular weight excluding hydrogens is 214 g/mol. The van der Waals surface area contributed by atoms with E-state index in [1.807, 2.05) is 0 Å². The molecule has 0 aromatic carbocycles. The molecule has 0 unspecified atom stereocenters. The number of carbonyl (C=O) groups excluding carboxylic acids is 1. The van der Waals surface area contributed by atoms with E-state index in [0.29, 0.717) is 23.7 Å². The van der Waals surface area contributed by atoms with Gasteiger partial charge in [-0.05, 0) is 19.4 Å². The standard InChI is InChI=1S/C10H12ClN3O/c1-3-4-5-9(15)14-10-12-7(2)6-8(11)13-10/h3,6H,1,4-5H2,2H3,(H,12,13,14,15). The topological polar surface area (TPSA) is 54.9 Å². The van der Waals surface area contributed by atoms with Crippen LogP contribution in [0.25, 0.3) is 0 Å². The Hall–Kier alpha value is -1.42. The van der Waals surface area contributed by atoms with Gasteiger partial charge < -0.3 is 0 Å². The molecule has 0 spiro atoms. The summed E-state index contributed by atoms with van der Waals surface area (Å²) in [7, 11) is 0. The van der Waals surface area contributed by atoms with Crippen LogP contribution in [-0.2, 0) is 4.79 Å². The molecule has 0 bridgehead atoms. The van der Waals surface area contributed by atoms with E-state index in [0.717, 1.165) is 0 Å². The van der Waals surface area contributed by atoms with Gasteiger partial charge in [0.15, 0.2) is 0 Å². The molecule has 5 heteroatoms. The fourth-order valence-corrected chi connectivity index (χ4v) is 1.24. The number of halogens is 1. The van der Waals surface area contributed by atoms with Gasteiger partial charge in [0.25, 0.3) is 0 Å². The maximum atomic E-state index is 11.3. The summed E-state index contributed by atoms with van der Waals surface area (Å²) in [4.78, 5) is 19.2. The predicted octanol–water partition coefficient (Wildman–Crippen LogP) is 2.34.